The number of H-pyrrole nitrogens is 1. The molecule has 2 heterocycles. The Morgan fingerprint density at radius 1 is 1.32 bits per heavy atom. The van der Waals surface area contributed by atoms with Gasteiger partial charge in [-0.05, 0) is 49.4 Å². The summed E-state index contributed by atoms with van der Waals surface area (Å²) in [5, 5.41) is 10.5. The predicted molar refractivity (Wildman–Crippen MR) is 88.7 cm³/mol. The number of amides is 1. The lowest BCUT2D eigenvalue weighted by Crippen LogP contribution is -2.27. The van der Waals surface area contributed by atoms with Crippen LogP contribution in [0.1, 0.15) is 47.7 Å². The lowest BCUT2D eigenvalue weighted by atomic mass is 10.1. The van der Waals surface area contributed by atoms with Gasteiger partial charge < -0.3 is 10.1 Å². The fraction of sp³-hybridized carbons (Fsp3) is 0.474. The number of aromatic nitrogens is 2. The smallest absolute Gasteiger partial charge is 0.227 e. The monoisotopic (exact) mass is 341 g/mol. The molecule has 2 aliphatic carbocycles. The van der Waals surface area contributed by atoms with Crippen LogP contribution in [0.5, 0.6) is 5.75 Å². The van der Waals surface area contributed by atoms with E-state index >= 15 is 0 Å². The van der Waals surface area contributed by atoms with Crippen LogP contribution in [0.15, 0.2) is 18.2 Å². The molecule has 1 aromatic heterocycles. The first kappa shape index (κ1) is 14.9. The summed E-state index contributed by atoms with van der Waals surface area (Å²) in [5.74, 6) is 0.162. The van der Waals surface area contributed by atoms with Crippen molar-refractivity contribution in [2.75, 3.05) is 0 Å². The van der Waals surface area contributed by atoms with Gasteiger partial charge in [0.05, 0.1) is 18.2 Å². The van der Waals surface area contributed by atoms with Crippen molar-refractivity contribution in [1.82, 2.24) is 15.5 Å². The molecule has 5 rings (SSSR count). The summed E-state index contributed by atoms with van der Waals surface area (Å²) >= 11 is 0. The first-order valence-electron chi connectivity index (χ1n) is 9.01. The molecular weight excluding hydrogens is 321 g/mol. The van der Waals surface area contributed by atoms with E-state index in [0.717, 1.165) is 24.1 Å². The van der Waals surface area contributed by atoms with Crippen LogP contribution in [0.4, 0.5) is 4.39 Å². The standard InChI is InChI=1S/C19H20FN3O2/c20-10-6-7-15-12(8-10)16-17(18(16)25-15)19(24)21-9-14-11-4-2-1-3-5-13(11)22-23-14/h6-8,16-18H,1-5,9H2,(H,21,24)(H,22,23). The Morgan fingerprint density at radius 3 is 3.12 bits per heavy atom. The Morgan fingerprint density at radius 2 is 2.20 bits per heavy atom. The molecule has 1 aliphatic heterocycles. The number of aryl methyl sites for hydroxylation is 1. The van der Waals surface area contributed by atoms with Crippen molar-refractivity contribution in [3.8, 4) is 5.75 Å². The molecule has 2 aromatic rings. The normalized spacial score (nSPS) is 26.0. The summed E-state index contributed by atoms with van der Waals surface area (Å²) in [6.45, 7) is 0.441. The number of carbonyl (C=O) groups excluding carboxylic acids is 1. The molecule has 3 atom stereocenters. The molecule has 0 saturated heterocycles. The van der Waals surface area contributed by atoms with Gasteiger partial charge in [-0.25, -0.2) is 4.39 Å². The lowest BCUT2D eigenvalue weighted by molar-refractivity contribution is -0.123. The minimum Gasteiger partial charge on any atom is -0.489 e. The SMILES string of the molecule is O=C(NCc1n[nH]c2c1CCCCC2)C1C2Oc3ccc(F)cc3C21. The molecule has 6 heteroatoms. The lowest BCUT2D eigenvalue weighted by Gasteiger charge is -2.09. The predicted octanol–water partition coefficient (Wildman–Crippen LogP) is 2.61. The van der Waals surface area contributed by atoms with Gasteiger partial charge in [0.15, 0.2) is 0 Å². The molecule has 1 fully saturated rings. The number of carbonyl (C=O) groups is 1. The van der Waals surface area contributed by atoms with Gasteiger partial charge in [-0.1, -0.05) is 6.42 Å². The Hall–Kier alpha value is -2.37. The summed E-state index contributed by atoms with van der Waals surface area (Å²) in [6.07, 6.45) is 5.54. The van der Waals surface area contributed by atoms with E-state index in [1.54, 1.807) is 6.07 Å². The Labute approximate surface area is 145 Å². The largest absolute Gasteiger partial charge is 0.489 e. The van der Waals surface area contributed by atoms with Crippen LogP contribution in [-0.2, 0) is 24.2 Å². The Kier molecular flexibility index (Phi) is 3.33. The molecule has 0 spiro atoms. The van der Waals surface area contributed by atoms with Gasteiger partial charge >= 0.3 is 0 Å². The third-order valence-corrected chi connectivity index (χ3v) is 5.67. The molecule has 1 saturated carbocycles. The summed E-state index contributed by atoms with van der Waals surface area (Å²) in [5.41, 5.74) is 4.26. The zero-order valence-electron chi connectivity index (χ0n) is 13.8. The maximum atomic E-state index is 13.4. The first-order chi connectivity index (χ1) is 12.2. The van der Waals surface area contributed by atoms with Crippen molar-refractivity contribution in [3.05, 3.63) is 46.5 Å². The van der Waals surface area contributed by atoms with Crippen molar-refractivity contribution in [3.63, 3.8) is 0 Å². The molecule has 3 aliphatic rings. The van der Waals surface area contributed by atoms with E-state index in [0.29, 0.717) is 12.3 Å². The van der Waals surface area contributed by atoms with Crippen LogP contribution in [0.3, 0.4) is 0 Å². The van der Waals surface area contributed by atoms with E-state index in [-0.39, 0.29) is 29.7 Å². The molecule has 1 aromatic carbocycles. The highest BCUT2D eigenvalue weighted by atomic mass is 19.1. The third kappa shape index (κ3) is 2.42. The molecule has 2 N–H and O–H groups in total. The Bertz CT molecular complexity index is 847. The molecule has 25 heavy (non-hydrogen) atoms. The highest BCUT2D eigenvalue weighted by molar-refractivity contribution is 5.85. The quantitative estimate of drug-likeness (QED) is 0.844. The molecule has 1 amide bonds. The Balaban J connectivity index is 1.25. The second-order valence-corrected chi connectivity index (χ2v) is 7.22. The second-order valence-electron chi connectivity index (χ2n) is 7.22. The maximum absolute atomic E-state index is 13.4. The van der Waals surface area contributed by atoms with Crippen molar-refractivity contribution >= 4 is 5.91 Å². The summed E-state index contributed by atoms with van der Waals surface area (Å²) in [4.78, 5) is 12.5. The van der Waals surface area contributed by atoms with Gasteiger partial charge in [0.25, 0.3) is 0 Å². The van der Waals surface area contributed by atoms with Crippen LogP contribution < -0.4 is 10.1 Å². The van der Waals surface area contributed by atoms with Crippen molar-refractivity contribution in [2.24, 2.45) is 5.92 Å². The van der Waals surface area contributed by atoms with Crippen molar-refractivity contribution in [2.45, 2.75) is 50.7 Å². The van der Waals surface area contributed by atoms with E-state index in [2.05, 4.69) is 15.5 Å². The topological polar surface area (TPSA) is 67.0 Å². The number of nitrogens with zero attached hydrogens (tertiary/aromatic N) is 1. The summed E-state index contributed by atoms with van der Waals surface area (Å²) < 4.78 is 19.2. The van der Waals surface area contributed by atoms with Crippen LogP contribution in [0.25, 0.3) is 0 Å². The van der Waals surface area contributed by atoms with Gasteiger partial charge in [0, 0.05) is 17.2 Å². The minimum atomic E-state index is -0.284. The van der Waals surface area contributed by atoms with Crippen LogP contribution >= 0.6 is 0 Å². The summed E-state index contributed by atoms with van der Waals surface area (Å²) in [7, 11) is 0. The number of hydrogen-bond donors (Lipinski definition) is 2. The first-order valence-corrected chi connectivity index (χ1v) is 9.01. The van der Waals surface area contributed by atoms with Crippen molar-refractivity contribution in [1.29, 1.82) is 0 Å². The fourth-order valence-electron chi connectivity index (χ4n) is 4.31. The second kappa shape index (κ2) is 5.58. The number of nitrogens with one attached hydrogen (secondary N) is 2. The number of ether oxygens (including phenoxy) is 1. The van der Waals surface area contributed by atoms with E-state index in [1.165, 1.54) is 42.7 Å². The number of hydrogen-bond acceptors (Lipinski definition) is 3. The zero-order chi connectivity index (χ0) is 17.0. The maximum Gasteiger partial charge on any atom is 0.227 e. The average Bonchev–Trinajstić information content (AvgIpc) is 3.13. The highest BCUT2D eigenvalue weighted by Gasteiger charge is 2.62. The number of fused-ring (bicyclic) bond motifs is 4. The molecule has 130 valence electrons. The average molecular weight is 341 g/mol. The van der Waals surface area contributed by atoms with Gasteiger partial charge in [-0.2, -0.15) is 5.10 Å². The van der Waals surface area contributed by atoms with Crippen LogP contribution in [-0.4, -0.2) is 22.2 Å². The van der Waals surface area contributed by atoms with Gasteiger partial charge in [-0.15, -0.1) is 0 Å². The van der Waals surface area contributed by atoms with Crippen LogP contribution in [0, 0.1) is 11.7 Å². The number of halogens is 1. The number of rotatable bonds is 3. The highest BCUT2D eigenvalue weighted by Crippen LogP contribution is 2.58. The number of benzene rings is 1. The summed E-state index contributed by atoms with van der Waals surface area (Å²) in [6, 6.07) is 4.52. The molecule has 0 radical (unpaired) electrons. The molecule has 0 bridgehead atoms. The number of aromatic amines is 1. The van der Waals surface area contributed by atoms with E-state index in [4.69, 9.17) is 4.74 Å². The van der Waals surface area contributed by atoms with E-state index in [9.17, 15) is 9.18 Å². The molecule has 3 unspecified atom stereocenters. The van der Waals surface area contributed by atoms with Gasteiger partial charge in [0.1, 0.15) is 17.7 Å². The minimum absolute atomic E-state index is 0.0120. The fourth-order valence-corrected chi connectivity index (χ4v) is 4.31. The zero-order valence-corrected chi connectivity index (χ0v) is 13.8. The van der Waals surface area contributed by atoms with E-state index in [1.807, 2.05) is 0 Å². The third-order valence-electron chi connectivity index (χ3n) is 5.67. The van der Waals surface area contributed by atoms with E-state index < -0.39 is 0 Å². The van der Waals surface area contributed by atoms with Gasteiger partial charge in [-0.3, -0.25) is 9.89 Å². The van der Waals surface area contributed by atoms with Crippen LogP contribution in [0.2, 0.25) is 0 Å². The van der Waals surface area contributed by atoms with Gasteiger partial charge in [0.2, 0.25) is 5.91 Å². The molecular formula is C19H20FN3O2. The molecule has 5 nitrogen and oxygen atoms in total. The van der Waals surface area contributed by atoms with Crippen molar-refractivity contribution < 1.29 is 13.9 Å².